The third kappa shape index (κ3) is 5.73. The van der Waals surface area contributed by atoms with Crippen LogP contribution >= 0.6 is 0 Å². The van der Waals surface area contributed by atoms with Crippen LogP contribution in [0.3, 0.4) is 0 Å². The zero-order valence-electron chi connectivity index (χ0n) is 6.95. The zero-order chi connectivity index (χ0) is 8.53. The Balaban J connectivity index is 3.39. The van der Waals surface area contributed by atoms with Gasteiger partial charge in [-0.15, -0.1) is 0 Å². The molecule has 3 nitrogen and oxygen atoms in total. The average Bonchev–Trinajstić information content (AvgIpc) is 2.05. The van der Waals surface area contributed by atoms with Crippen LogP contribution in [0.4, 0.5) is 0 Å². The molecule has 0 aliphatic carbocycles. The van der Waals surface area contributed by atoms with E-state index in [4.69, 9.17) is 0 Å². The molecule has 0 radical (unpaired) electrons. The minimum absolute atomic E-state index is 0.562. The highest BCUT2D eigenvalue weighted by atomic mass is 16.1. The molecule has 0 bridgehead atoms. The first-order valence-electron chi connectivity index (χ1n) is 3.94. The Morgan fingerprint density at radius 2 is 1.55 bits per heavy atom. The average molecular weight is 157 g/mol. The minimum Gasteiger partial charge on any atom is -0.303 e. The fraction of sp³-hybridized carbons (Fsp3) is 0.750. The number of aldehydes is 2. The maximum absolute atomic E-state index is 10.0. The molecule has 0 aliphatic rings. The molecule has 0 saturated heterocycles. The lowest BCUT2D eigenvalue weighted by molar-refractivity contribution is -0.108. The summed E-state index contributed by atoms with van der Waals surface area (Å²) < 4.78 is 0. The van der Waals surface area contributed by atoms with Gasteiger partial charge < -0.3 is 14.5 Å². The van der Waals surface area contributed by atoms with Crippen molar-refractivity contribution < 1.29 is 9.59 Å². The number of nitrogens with zero attached hydrogens (tertiary/aromatic N) is 1. The fourth-order valence-electron chi connectivity index (χ4n) is 0.899. The first-order valence-corrected chi connectivity index (χ1v) is 3.94. The molecule has 0 unspecified atom stereocenters. The first-order chi connectivity index (χ1) is 5.35. The molecule has 0 spiro atoms. The summed E-state index contributed by atoms with van der Waals surface area (Å²) in [6.07, 6.45) is 2.94. The SMILES string of the molecule is CCN(CCC=O)CCC=O. The second kappa shape index (κ2) is 7.41. The highest BCUT2D eigenvalue weighted by Crippen LogP contribution is 1.90. The first kappa shape index (κ1) is 10.3. The van der Waals surface area contributed by atoms with Crippen molar-refractivity contribution in [1.29, 1.82) is 0 Å². The fourth-order valence-corrected chi connectivity index (χ4v) is 0.899. The van der Waals surface area contributed by atoms with Gasteiger partial charge in [-0.3, -0.25) is 0 Å². The number of carbonyl (C=O) groups is 2. The summed E-state index contributed by atoms with van der Waals surface area (Å²) >= 11 is 0. The van der Waals surface area contributed by atoms with Crippen LogP contribution in [0, 0.1) is 0 Å². The third-order valence-corrected chi connectivity index (χ3v) is 1.57. The van der Waals surface area contributed by atoms with E-state index >= 15 is 0 Å². The molecule has 0 aromatic rings. The third-order valence-electron chi connectivity index (χ3n) is 1.57. The van der Waals surface area contributed by atoms with E-state index in [0.717, 1.165) is 32.2 Å². The van der Waals surface area contributed by atoms with Gasteiger partial charge in [0.15, 0.2) is 0 Å². The Kier molecular flexibility index (Phi) is 6.94. The summed E-state index contributed by atoms with van der Waals surface area (Å²) in [6.45, 7) is 4.47. The molecule has 11 heavy (non-hydrogen) atoms. The van der Waals surface area contributed by atoms with Crippen molar-refractivity contribution in [2.75, 3.05) is 19.6 Å². The summed E-state index contributed by atoms with van der Waals surface area (Å²) in [5.74, 6) is 0. The second-order valence-corrected chi connectivity index (χ2v) is 2.34. The number of rotatable bonds is 7. The summed E-state index contributed by atoms with van der Waals surface area (Å²) in [5, 5.41) is 0. The van der Waals surface area contributed by atoms with Gasteiger partial charge in [0.2, 0.25) is 0 Å². The second-order valence-electron chi connectivity index (χ2n) is 2.34. The summed E-state index contributed by atoms with van der Waals surface area (Å²) in [5.41, 5.74) is 0. The molecule has 0 aromatic carbocycles. The standard InChI is InChI=1S/C8H15NO2/c1-2-9(5-3-7-10)6-4-8-11/h7-8H,2-6H2,1H3. The van der Waals surface area contributed by atoms with Gasteiger partial charge in [0.1, 0.15) is 12.6 Å². The normalized spacial score (nSPS) is 10.0. The van der Waals surface area contributed by atoms with Gasteiger partial charge in [0.25, 0.3) is 0 Å². The smallest absolute Gasteiger partial charge is 0.121 e. The number of hydrogen-bond donors (Lipinski definition) is 0. The molecule has 0 aromatic heterocycles. The summed E-state index contributed by atoms with van der Waals surface area (Å²) in [4.78, 5) is 22.1. The summed E-state index contributed by atoms with van der Waals surface area (Å²) in [6, 6.07) is 0. The molecule has 64 valence electrons. The lowest BCUT2D eigenvalue weighted by Gasteiger charge is -2.16. The maximum Gasteiger partial charge on any atom is 0.121 e. The van der Waals surface area contributed by atoms with Crippen molar-refractivity contribution in [3.63, 3.8) is 0 Å². The van der Waals surface area contributed by atoms with Gasteiger partial charge in [0, 0.05) is 25.9 Å². The monoisotopic (exact) mass is 157 g/mol. The lowest BCUT2D eigenvalue weighted by atomic mass is 10.3. The molecule has 0 heterocycles. The largest absolute Gasteiger partial charge is 0.303 e. The van der Waals surface area contributed by atoms with E-state index in [1.165, 1.54) is 0 Å². The molecule has 0 N–H and O–H groups in total. The minimum atomic E-state index is 0.562. The lowest BCUT2D eigenvalue weighted by Crippen LogP contribution is -2.26. The van der Waals surface area contributed by atoms with E-state index in [1.54, 1.807) is 0 Å². The van der Waals surface area contributed by atoms with Crippen LogP contribution in [0.15, 0.2) is 0 Å². The number of hydrogen-bond acceptors (Lipinski definition) is 3. The molecule has 0 rings (SSSR count). The molecular formula is C8H15NO2. The Bertz CT molecular complexity index is 103. The Morgan fingerprint density at radius 3 is 1.82 bits per heavy atom. The van der Waals surface area contributed by atoms with Crippen LogP contribution in [-0.2, 0) is 9.59 Å². The van der Waals surface area contributed by atoms with Crippen molar-refractivity contribution in [2.45, 2.75) is 19.8 Å². The molecular weight excluding hydrogens is 142 g/mol. The van der Waals surface area contributed by atoms with Gasteiger partial charge in [-0.1, -0.05) is 6.92 Å². The molecule has 0 amide bonds. The molecule has 3 heteroatoms. The van der Waals surface area contributed by atoms with Crippen molar-refractivity contribution in [3.05, 3.63) is 0 Å². The van der Waals surface area contributed by atoms with Crippen molar-refractivity contribution in [1.82, 2.24) is 4.90 Å². The van der Waals surface area contributed by atoms with Gasteiger partial charge >= 0.3 is 0 Å². The molecule has 0 atom stereocenters. The quantitative estimate of drug-likeness (QED) is 0.505. The van der Waals surface area contributed by atoms with Crippen LogP contribution in [0.2, 0.25) is 0 Å². The predicted octanol–water partition coefficient (Wildman–Crippen LogP) is 0.486. The molecule has 0 fully saturated rings. The van der Waals surface area contributed by atoms with Gasteiger partial charge in [-0.25, -0.2) is 0 Å². The van der Waals surface area contributed by atoms with Gasteiger partial charge in [-0.2, -0.15) is 0 Å². The van der Waals surface area contributed by atoms with E-state index in [9.17, 15) is 9.59 Å². The molecule has 0 aliphatic heterocycles. The van der Waals surface area contributed by atoms with Crippen LogP contribution in [-0.4, -0.2) is 37.1 Å². The van der Waals surface area contributed by atoms with E-state index in [-0.39, 0.29) is 0 Å². The van der Waals surface area contributed by atoms with E-state index in [0.29, 0.717) is 12.8 Å². The van der Waals surface area contributed by atoms with Gasteiger partial charge in [-0.05, 0) is 6.54 Å². The summed E-state index contributed by atoms with van der Waals surface area (Å²) in [7, 11) is 0. The Hall–Kier alpha value is -0.700. The van der Waals surface area contributed by atoms with Crippen molar-refractivity contribution in [2.24, 2.45) is 0 Å². The van der Waals surface area contributed by atoms with Crippen LogP contribution < -0.4 is 0 Å². The van der Waals surface area contributed by atoms with Crippen LogP contribution in [0.25, 0.3) is 0 Å². The van der Waals surface area contributed by atoms with Crippen molar-refractivity contribution in [3.8, 4) is 0 Å². The predicted molar refractivity (Wildman–Crippen MR) is 43.5 cm³/mol. The topological polar surface area (TPSA) is 37.4 Å². The highest BCUT2D eigenvalue weighted by molar-refractivity contribution is 5.50. The maximum atomic E-state index is 10.0. The Labute approximate surface area is 67.4 Å². The molecule has 0 saturated carbocycles. The van der Waals surface area contributed by atoms with E-state index in [2.05, 4.69) is 4.90 Å². The highest BCUT2D eigenvalue weighted by Gasteiger charge is 1.99. The van der Waals surface area contributed by atoms with E-state index < -0.39 is 0 Å². The van der Waals surface area contributed by atoms with E-state index in [1.807, 2.05) is 6.92 Å². The van der Waals surface area contributed by atoms with Crippen LogP contribution in [0.1, 0.15) is 19.8 Å². The van der Waals surface area contributed by atoms with Crippen LogP contribution in [0.5, 0.6) is 0 Å². The van der Waals surface area contributed by atoms with Gasteiger partial charge in [0.05, 0.1) is 0 Å². The zero-order valence-corrected chi connectivity index (χ0v) is 6.95. The van der Waals surface area contributed by atoms with Crippen molar-refractivity contribution >= 4 is 12.6 Å². The Morgan fingerprint density at radius 1 is 1.09 bits per heavy atom. The number of carbonyl (C=O) groups excluding carboxylic acids is 2.